The van der Waals surface area contributed by atoms with Crippen LogP contribution in [0.4, 0.5) is 5.69 Å². The summed E-state index contributed by atoms with van der Waals surface area (Å²) in [4.78, 5) is 0. The first-order chi connectivity index (χ1) is 14.2. The third-order valence-electron chi connectivity index (χ3n) is 4.68. The Morgan fingerprint density at radius 2 is 1.66 bits per heavy atom. The molecule has 2 N–H and O–H groups in total. The number of ether oxygens (including phenoxy) is 2. The summed E-state index contributed by atoms with van der Waals surface area (Å²) in [6.45, 7) is 0.709. The van der Waals surface area contributed by atoms with Gasteiger partial charge in [-0.2, -0.15) is 5.26 Å². The summed E-state index contributed by atoms with van der Waals surface area (Å²) in [5.74, 6) is 1.10. The second-order valence-electron chi connectivity index (χ2n) is 6.61. The molecule has 0 amide bonds. The summed E-state index contributed by atoms with van der Waals surface area (Å²) in [7, 11) is 3.50. The number of anilines is 1. The van der Waals surface area contributed by atoms with Gasteiger partial charge < -0.3 is 20.1 Å². The Morgan fingerprint density at radius 3 is 2.28 bits per heavy atom. The van der Waals surface area contributed by atoms with Crippen molar-refractivity contribution in [2.24, 2.45) is 0 Å². The molecule has 5 nitrogen and oxygen atoms in total. The highest BCUT2D eigenvalue weighted by atomic mass is 16.5. The molecule has 0 spiro atoms. The fourth-order valence-electron chi connectivity index (χ4n) is 3.17. The molecule has 3 aromatic rings. The standard InChI is InChI=1S/C24H25N3O2/c1-26-16-15-24(20-9-5-3-6-10-20,27-21-11-7-4-8-12-21)29-23-17-22(28-2)14-13-19(23)18-25/h3-14,17,26-27H,15-16H2,1-2H3. The van der Waals surface area contributed by atoms with Crippen molar-refractivity contribution in [1.82, 2.24) is 5.32 Å². The molecule has 0 aliphatic carbocycles. The molecule has 1 unspecified atom stereocenters. The molecule has 0 radical (unpaired) electrons. The Labute approximate surface area is 171 Å². The maximum absolute atomic E-state index is 9.61. The lowest BCUT2D eigenvalue weighted by atomic mass is 9.97. The molecule has 5 heteroatoms. The van der Waals surface area contributed by atoms with Gasteiger partial charge >= 0.3 is 0 Å². The van der Waals surface area contributed by atoms with Crippen molar-refractivity contribution in [3.63, 3.8) is 0 Å². The number of hydrogen-bond donors (Lipinski definition) is 2. The zero-order valence-electron chi connectivity index (χ0n) is 16.7. The number of para-hydroxylation sites is 1. The van der Waals surface area contributed by atoms with Crippen LogP contribution in [0, 0.1) is 11.3 Å². The van der Waals surface area contributed by atoms with E-state index in [1.165, 1.54) is 0 Å². The predicted molar refractivity (Wildman–Crippen MR) is 115 cm³/mol. The van der Waals surface area contributed by atoms with Gasteiger partial charge in [-0.25, -0.2) is 0 Å². The molecule has 29 heavy (non-hydrogen) atoms. The van der Waals surface area contributed by atoms with E-state index in [1.54, 1.807) is 25.3 Å². The molecule has 0 saturated carbocycles. The fraction of sp³-hybridized carbons (Fsp3) is 0.208. The van der Waals surface area contributed by atoms with E-state index >= 15 is 0 Å². The summed E-state index contributed by atoms with van der Waals surface area (Å²) in [5.41, 5.74) is 1.45. The molecule has 0 aliphatic heterocycles. The molecular formula is C24H25N3O2. The van der Waals surface area contributed by atoms with Gasteiger partial charge in [-0.15, -0.1) is 0 Å². The highest BCUT2D eigenvalue weighted by Gasteiger charge is 2.35. The molecule has 3 rings (SSSR count). The summed E-state index contributed by atoms with van der Waals surface area (Å²) in [5, 5.41) is 16.4. The topological polar surface area (TPSA) is 66.3 Å². The fourth-order valence-corrected chi connectivity index (χ4v) is 3.17. The summed E-state index contributed by atoms with van der Waals surface area (Å²) in [6, 6.07) is 27.3. The Balaban J connectivity index is 2.12. The summed E-state index contributed by atoms with van der Waals surface area (Å²) >= 11 is 0. The van der Waals surface area contributed by atoms with E-state index in [-0.39, 0.29) is 0 Å². The zero-order valence-corrected chi connectivity index (χ0v) is 16.7. The van der Waals surface area contributed by atoms with Gasteiger partial charge in [0, 0.05) is 30.3 Å². The minimum atomic E-state index is -0.885. The van der Waals surface area contributed by atoms with Crippen LogP contribution in [0.5, 0.6) is 11.5 Å². The molecule has 3 aromatic carbocycles. The number of nitrogens with zero attached hydrogens (tertiary/aromatic N) is 1. The maximum atomic E-state index is 9.61. The molecule has 0 saturated heterocycles. The minimum absolute atomic E-state index is 0.449. The van der Waals surface area contributed by atoms with E-state index < -0.39 is 5.72 Å². The van der Waals surface area contributed by atoms with Crippen LogP contribution < -0.4 is 20.1 Å². The lowest BCUT2D eigenvalue weighted by molar-refractivity contribution is 0.0869. The van der Waals surface area contributed by atoms with Gasteiger partial charge in [0.25, 0.3) is 0 Å². The lowest BCUT2D eigenvalue weighted by Crippen LogP contribution is -2.43. The quantitative estimate of drug-likeness (QED) is 0.529. The number of methoxy groups -OCH3 is 1. The number of rotatable bonds is 9. The first kappa shape index (κ1) is 20.2. The molecule has 0 bridgehead atoms. The van der Waals surface area contributed by atoms with Crippen molar-refractivity contribution in [3.8, 4) is 17.6 Å². The Hall–Kier alpha value is -3.49. The third kappa shape index (κ3) is 4.87. The first-order valence-electron chi connectivity index (χ1n) is 9.51. The van der Waals surface area contributed by atoms with Crippen molar-refractivity contribution in [2.75, 3.05) is 26.0 Å². The lowest BCUT2D eigenvalue weighted by Gasteiger charge is -2.37. The van der Waals surface area contributed by atoms with Crippen molar-refractivity contribution in [3.05, 3.63) is 90.0 Å². The number of nitriles is 1. The van der Waals surface area contributed by atoms with Gasteiger partial charge in [0.05, 0.1) is 12.7 Å². The maximum Gasteiger partial charge on any atom is 0.208 e. The Morgan fingerprint density at radius 1 is 0.966 bits per heavy atom. The van der Waals surface area contributed by atoms with E-state index in [1.807, 2.05) is 67.7 Å². The normalized spacial score (nSPS) is 12.4. The van der Waals surface area contributed by atoms with Gasteiger partial charge in [-0.3, -0.25) is 0 Å². The molecule has 0 aliphatic rings. The van der Waals surface area contributed by atoms with Crippen LogP contribution >= 0.6 is 0 Å². The van der Waals surface area contributed by atoms with E-state index in [4.69, 9.17) is 9.47 Å². The Kier molecular flexibility index (Phi) is 6.72. The largest absolute Gasteiger partial charge is 0.497 e. The van der Waals surface area contributed by atoms with Crippen LogP contribution in [0.1, 0.15) is 17.5 Å². The van der Waals surface area contributed by atoms with E-state index in [9.17, 15) is 5.26 Å². The van der Waals surface area contributed by atoms with Gasteiger partial charge in [0.1, 0.15) is 17.6 Å². The highest BCUT2D eigenvalue weighted by molar-refractivity contribution is 5.51. The molecular weight excluding hydrogens is 362 g/mol. The number of benzene rings is 3. The second-order valence-corrected chi connectivity index (χ2v) is 6.61. The highest BCUT2D eigenvalue weighted by Crippen LogP contribution is 2.36. The zero-order chi connectivity index (χ0) is 20.5. The SMILES string of the molecule is CNCCC(Nc1ccccc1)(Oc1cc(OC)ccc1C#N)c1ccccc1. The van der Waals surface area contributed by atoms with Crippen LogP contribution in [0.15, 0.2) is 78.9 Å². The third-order valence-corrected chi connectivity index (χ3v) is 4.68. The first-order valence-corrected chi connectivity index (χ1v) is 9.51. The van der Waals surface area contributed by atoms with Crippen LogP contribution in [-0.4, -0.2) is 20.7 Å². The van der Waals surface area contributed by atoms with Crippen molar-refractivity contribution in [2.45, 2.75) is 12.1 Å². The summed E-state index contributed by atoms with van der Waals surface area (Å²) in [6.07, 6.45) is 0.629. The van der Waals surface area contributed by atoms with Gasteiger partial charge in [0.15, 0.2) is 0 Å². The van der Waals surface area contributed by atoms with E-state index in [2.05, 4.69) is 16.7 Å². The number of hydrogen-bond acceptors (Lipinski definition) is 5. The molecule has 1 atom stereocenters. The average Bonchev–Trinajstić information content (AvgIpc) is 2.78. The Bertz CT molecular complexity index is 955. The monoisotopic (exact) mass is 387 g/mol. The smallest absolute Gasteiger partial charge is 0.208 e. The minimum Gasteiger partial charge on any atom is -0.497 e. The molecule has 0 heterocycles. The molecule has 0 aromatic heterocycles. The number of nitrogens with one attached hydrogen (secondary N) is 2. The molecule has 148 valence electrons. The van der Waals surface area contributed by atoms with Crippen molar-refractivity contribution < 1.29 is 9.47 Å². The van der Waals surface area contributed by atoms with Crippen LogP contribution in [0.25, 0.3) is 0 Å². The summed E-state index contributed by atoms with van der Waals surface area (Å²) < 4.78 is 12.0. The van der Waals surface area contributed by atoms with Crippen LogP contribution in [-0.2, 0) is 5.72 Å². The second kappa shape index (κ2) is 9.63. The van der Waals surface area contributed by atoms with E-state index in [0.717, 1.165) is 11.3 Å². The van der Waals surface area contributed by atoms with Gasteiger partial charge in [0.2, 0.25) is 5.72 Å². The molecule has 0 fully saturated rings. The van der Waals surface area contributed by atoms with Crippen molar-refractivity contribution >= 4 is 5.69 Å². The van der Waals surface area contributed by atoms with Crippen LogP contribution in [0.3, 0.4) is 0 Å². The van der Waals surface area contributed by atoms with Crippen molar-refractivity contribution in [1.29, 1.82) is 5.26 Å². The van der Waals surface area contributed by atoms with Crippen LogP contribution in [0.2, 0.25) is 0 Å². The van der Waals surface area contributed by atoms with Gasteiger partial charge in [-0.05, 0) is 31.3 Å². The van der Waals surface area contributed by atoms with E-state index in [0.29, 0.717) is 30.0 Å². The average molecular weight is 387 g/mol. The predicted octanol–water partition coefficient (Wildman–Crippen LogP) is 4.52. The van der Waals surface area contributed by atoms with Gasteiger partial charge in [-0.1, -0.05) is 48.5 Å².